The van der Waals surface area contributed by atoms with Crippen molar-refractivity contribution in [3.63, 3.8) is 0 Å². The topological polar surface area (TPSA) is 39.2 Å². The number of aromatic nitrogens is 1. The predicted octanol–water partition coefficient (Wildman–Crippen LogP) is 4.13. The van der Waals surface area contributed by atoms with Gasteiger partial charge in [-0.2, -0.15) is 0 Å². The van der Waals surface area contributed by atoms with Crippen LogP contribution in [-0.4, -0.2) is 17.6 Å². The van der Waals surface area contributed by atoms with Crippen molar-refractivity contribution in [1.29, 1.82) is 0 Å². The van der Waals surface area contributed by atoms with Gasteiger partial charge in [-0.05, 0) is 24.4 Å². The lowest BCUT2D eigenvalue weighted by molar-refractivity contribution is -0.142. The SMILES string of the molecule is CCOC(=O)Cc1nc(-c2cc3ccccc3s2)cs1. The fourth-order valence-corrected chi connectivity index (χ4v) is 3.83. The molecular weight excluding hydrogens is 290 g/mol. The van der Waals surface area contributed by atoms with Crippen LogP contribution in [0, 0.1) is 0 Å². The molecule has 102 valence electrons. The second-order valence-electron chi connectivity index (χ2n) is 4.26. The molecular formula is C15H13NO2S2. The molecule has 0 aliphatic rings. The minimum atomic E-state index is -0.218. The van der Waals surface area contributed by atoms with Crippen molar-refractivity contribution in [3.05, 3.63) is 40.7 Å². The van der Waals surface area contributed by atoms with Crippen LogP contribution in [0.25, 0.3) is 20.7 Å². The molecule has 0 N–H and O–H groups in total. The molecule has 2 aromatic heterocycles. The number of thiazole rings is 1. The average Bonchev–Trinajstić information content (AvgIpc) is 3.04. The van der Waals surface area contributed by atoms with Crippen molar-refractivity contribution in [3.8, 4) is 10.6 Å². The highest BCUT2D eigenvalue weighted by molar-refractivity contribution is 7.22. The molecule has 1 aromatic carbocycles. The van der Waals surface area contributed by atoms with E-state index in [9.17, 15) is 4.79 Å². The molecule has 0 unspecified atom stereocenters. The maximum Gasteiger partial charge on any atom is 0.312 e. The smallest absolute Gasteiger partial charge is 0.312 e. The summed E-state index contributed by atoms with van der Waals surface area (Å²) in [4.78, 5) is 17.1. The van der Waals surface area contributed by atoms with E-state index in [2.05, 4.69) is 23.2 Å². The van der Waals surface area contributed by atoms with Gasteiger partial charge in [-0.1, -0.05) is 18.2 Å². The van der Waals surface area contributed by atoms with Crippen molar-refractivity contribution in [1.82, 2.24) is 4.98 Å². The lowest BCUT2D eigenvalue weighted by Crippen LogP contribution is -2.07. The Hall–Kier alpha value is -1.72. The first-order valence-electron chi connectivity index (χ1n) is 6.35. The first-order chi connectivity index (χ1) is 9.76. The molecule has 20 heavy (non-hydrogen) atoms. The Bertz CT molecular complexity index is 712. The molecule has 0 fully saturated rings. The third kappa shape index (κ3) is 2.73. The Morgan fingerprint density at radius 1 is 1.35 bits per heavy atom. The van der Waals surface area contributed by atoms with Gasteiger partial charge >= 0.3 is 5.97 Å². The van der Waals surface area contributed by atoms with Crippen LogP contribution in [-0.2, 0) is 16.0 Å². The number of hydrogen-bond donors (Lipinski definition) is 0. The quantitative estimate of drug-likeness (QED) is 0.680. The Labute approximate surface area is 124 Å². The van der Waals surface area contributed by atoms with Gasteiger partial charge in [-0.3, -0.25) is 4.79 Å². The van der Waals surface area contributed by atoms with Crippen molar-refractivity contribution >= 4 is 38.7 Å². The average molecular weight is 303 g/mol. The monoisotopic (exact) mass is 303 g/mol. The molecule has 0 saturated carbocycles. The van der Waals surface area contributed by atoms with Gasteiger partial charge in [-0.15, -0.1) is 22.7 Å². The van der Waals surface area contributed by atoms with Crippen LogP contribution in [0.4, 0.5) is 0 Å². The molecule has 2 heterocycles. The molecule has 0 atom stereocenters. The molecule has 0 saturated heterocycles. The minimum absolute atomic E-state index is 0.218. The van der Waals surface area contributed by atoms with Crippen molar-refractivity contribution < 1.29 is 9.53 Å². The summed E-state index contributed by atoms with van der Waals surface area (Å²) in [5, 5.41) is 4.03. The number of rotatable bonds is 4. The molecule has 3 aromatic rings. The van der Waals surface area contributed by atoms with Gasteiger partial charge in [0, 0.05) is 10.1 Å². The molecule has 0 bridgehead atoms. The van der Waals surface area contributed by atoms with Crippen molar-refractivity contribution in [2.45, 2.75) is 13.3 Å². The number of carbonyl (C=O) groups is 1. The summed E-state index contributed by atoms with van der Waals surface area (Å²) in [5.74, 6) is -0.218. The zero-order valence-electron chi connectivity index (χ0n) is 11.0. The van der Waals surface area contributed by atoms with E-state index in [0.717, 1.165) is 15.6 Å². The van der Waals surface area contributed by atoms with E-state index in [-0.39, 0.29) is 12.4 Å². The fraction of sp³-hybridized carbons (Fsp3) is 0.200. The van der Waals surface area contributed by atoms with Gasteiger partial charge in [0.25, 0.3) is 0 Å². The second kappa shape index (κ2) is 5.73. The maximum atomic E-state index is 11.4. The van der Waals surface area contributed by atoms with Gasteiger partial charge in [0.05, 0.1) is 23.6 Å². The Morgan fingerprint density at radius 3 is 3.00 bits per heavy atom. The number of thiophene rings is 1. The van der Waals surface area contributed by atoms with Crippen LogP contribution in [0.5, 0.6) is 0 Å². The number of nitrogens with zero attached hydrogens (tertiary/aromatic N) is 1. The summed E-state index contributed by atoms with van der Waals surface area (Å²) in [6.45, 7) is 2.22. The maximum absolute atomic E-state index is 11.4. The summed E-state index contributed by atoms with van der Waals surface area (Å²) >= 11 is 3.22. The molecule has 5 heteroatoms. The highest BCUT2D eigenvalue weighted by Gasteiger charge is 2.11. The highest BCUT2D eigenvalue weighted by atomic mass is 32.1. The van der Waals surface area contributed by atoms with Crippen molar-refractivity contribution in [2.24, 2.45) is 0 Å². The number of benzene rings is 1. The van der Waals surface area contributed by atoms with E-state index in [1.54, 1.807) is 11.3 Å². The lowest BCUT2D eigenvalue weighted by Gasteiger charge is -1.97. The molecule has 0 amide bonds. The molecule has 0 spiro atoms. The summed E-state index contributed by atoms with van der Waals surface area (Å²) in [6, 6.07) is 10.4. The summed E-state index contributed by atoms with van der Waals surface area (Å²) in [5.41, 5.74) is 0.940. The van der Waals surface area contributed by atoms with Gasteiger partial charge in [0.15, 0.2) is 0 Å². The van der Waals surface area contributed by atoms with Gasteiger partial charge in [0.1, 0.15) is 5.01 Å². The number of carbonyl (C=O) groups excluding carboxylic acids is 1. The number of esters is 1. The van der Waals surface area contributed by atoms with Crippen LogP contribution in [0.1, 0.15) is 11.9 Å². The number of fused-ring (bicyclic) bond motifs is 1. The summed E-state index contributed by atoms with van der Waals surface area (Å²) in [6.07, 6.45) is 0.253. The summed E-state index contributed by atoms with van der Waals surface area (Å²) in [7, 11) is 0. The molecule has 0 radical (unpaired) electrons. The molecule has 0 aliphatic carbocycles. The first-order valence-corrected chi connectivity index (χ1v) is 8.05. The fourth-order valence-electron chi connectivity index (χ4n) is 1.95. The van der Waals surface area contributed by atoms with E-state index >= 15 is 0 Å². The zero-order valence-corrected chi connectivity index (χ0v) is 12.6. The van der Waals surface area contributed by atoms with E-state index in [1.807, 2.05) is 24.4 Å². The van der Waals surface area contributed by atoms with Gasteiger partial charge < -0.3 is 4.74 Å². The van der Waals surface area contributed by atoms with Gasteiger partial charge in [-0.25, -0.2) is 4.98 Å². The highest BCUT2D eigenvalue weighted by Crippen LogP contribution is 2.33. The van der Waals surface area contributed by atoms with Crippen LogP contribution in [0.3, 0.4) is 0 Å². The Kier molecular flexibility index (Phi) is 3.80. The standard InChI is InChI=1S/C15H13NO2S2/c1-2-18-15(17)8-14-16-11(9-19-14)13-7-10-5-3-4-6-12(10)20-13/h3-7,9H,2,8H2,1H3. The molecule has 0 aliphatic heterocycles. The van der Waals surface area contributed by atoms with E-state index in [0.29, 0.717) is 6.61 Å². The molecule has 3 rings (SSSR count). The summed E-state index contributed by atoms with van der Waals surface area (Å²) < 4.78 is 6.19. The Morgan fingerprint density at radius 2 is 2.20 bits per heavy atom. The van der Waals surface area contributed by atoms with Crippen LogP contribution < -0.4 is 0 Å². The van der Waals surface area contributed by atoms with Crippen LogP contribution in [0.15, 0.2) is 35.7 Å². The van der Waals surface area contributed by atoms with E-state index in [4.69, 9.17) is 4.74 Å². The lowest BCUT2D eigenvalue weighted by atomic mass is 10.2. The van der Waals surface area contributed by atoms with Crippen molar-refractivity contribution in [2.75, 3.05) is 6.61 Å². The number of ether oxygens (including phenoxy) is 1. The minimum Gasteiger partial charge on any atom is -0.466 e. The zero-order chi connectivity index (χ0) is 13.9. The predicted molar refractivity (Wildman–Crippen MR) is 83.3 cm³/mol. The third-order valence-electron chi connectivity index (χ3n) is 2.83. The molecule has 3 nitrogen and oxygen atoms in total. The first kappa shape index (κ1) is 13.3. The Balaban J connectivity index is 1.84. The van der Waals surface area contributed by atoms with E-state index in [1.165, 1.54) is 21.4 Å². The van der Waals surface area contributed by atoms with Gasteiger partial charge in [0.2, 0.25) is 0 Å². The number of hydrogen-bond acceptors (Lipinski definition) is 5. The second-order valence-corrected chi connectivity index (χ2v) is 6.28. The van der Waals surface area contributed by atoms with E-state index < -0.39 is 0 Å². The third-order valence-corrected chi connectivity index (χ3v) is 4.82. The largest absolute Gasteiger partial charge is 0.466 e. The normalized spacial score (nSPS) is 10.8. The van der Waals surface area contributed by atoms with Crippen LogP contribution >= 0.6 is 22.7 Å². The van der Waals surface area contributed by atoms with Crippen LogP contribution in [0.2, 0.25) is 0 Å².